The van der Waals surface area contributed by atoms with Gasteiger partial charge in [-0.15, -0.1) is 0 Å². The number of fused-ring (bicyclic) bond motifs is 1. The number of carboxylic acid groups (broad SMARTS) is 1. The summed E-state index contributed by atoms with van der Waals surface area (Å²) in [6.07, 6.45) is 0.844. The van der Waals surface area contributed by atoms with E-state index >= 15 is 0 Å². The molecular weight excluding hydrogens is 244 g/mol. The van der Waals surface area contributed by atoms with Crippen LogP contribution in [0.1, 0.15) is 24.5 Å². The maximum Gasteiger partial charge on any atom is 0.326 e. The maximum absolute atomic E-state index is 12.2. The van der Waals surface area contributed by atoms with Crippen LogP contribution in [0.5, 0.6) is 0 Å². The molecule has 0 saturated heterocycles. The van der Waals surface area contributed by atoms with Gasteiger partial charge in [-0.1, -0.05) is 31.2 Å². The third-order valence-corrected chi connectivity index (χ3v) is 3.57. The Kier molecular flexibility index (Phi) is 3.85. The summed E-state index contributed by atoms with van der Waals surface area (Å²) >= 11 is 0. The monoisotopic (exact) mass is 262 g/mol. The maximum atomic E-state index is 12.2. The molecule has 0 spiro atoms. The van der Waals surface area contributed by atoms with Crippen molar-refractivity contribution in [3.63, 3.8) is 0 Å². The number of carboxylic acids is 1. The fourth-order valence-corrected chi connectivity index (χ4v) is 2.36. The van der Waals surface area contributed by atoms with E-state index in [4.69, 9.17) is 5.73 Å². The van der Waals surface area contributed by atoms with Gasteiger partial charge < -0.3 is 15.7 Å². The first-order valence-electron chi connectivity index (χ1n) is 6.40. The summed E-state index contributed by atoms with van der Waals surface area (Å²) in [5, 5.41) is 9.30. The van der Waals surface area contributed by atoms with Crippen LogP contribution in [0.15, 0.2) is 24.3 Å². The highest BCUT2D eigenvalue weighted by molar-refractivity contribution is 5.87. The summed E-state index contributed by atoms with van der Waals surface area (Å²) in [7, 11) is 0. The average molecular weight is 262 g/mol. The highest BCUT2D eigenvalue weighted by Crippen LogP contribution is 2.24. The van der Waals surface area contributed by atoms with Crippen LogP contribution in [-0.2, 0) is 22.6 Å². The van der Waals surface area contributed by atoms with Crippen LogP contribution in [-0.4, -0.2) is 34.0 Å². The Bertz CT molecular complexity index is 501. The van der Waals surface area contributed by atoms with Crippen LogP contribution >= 0.6 is 0 Å². The summed E-state index contributed by atoms with van der Waals surface area (Å²) in [4.78, 5) is 24.9. The van der Waals surface area contributed by atoms with E-state index in [2.05, 4.69) is 0 Å². The van der Waals surface area contributed by atoms with Crippen molar-refractivity contribution in [3.05, 3.63) is 35.4 Å². The minimum atomic E-state index is -0.980. The first-order chi connectivity index (χ1) is 9.04. The molecule has 5 heteroatoms. The number of nitrogens with zero attached hydrogens (tertiary/aromatic N) is 1. The third-order valence-electron chi connectivity index (χ3n) is 3.57. The predicted molar refractivity (Wildman–Crippen MR) is 70.4 cm³/mol. The Morgan fingerprint density at radius 2 is 2.05 bits per heavy atom. The second kappa shape index (κ2) is 5.40. The lowest BCUT2D eigenvalue weighted by molar-refractivity contribution is -0.152. The Labute approximate surface area is 112 Å². The van der Waals surface area contributed by atoms with E-state index in [0.29, 0.717) is 19.4 Å². The highest BCUT2D eigenvalue weighted by atomic mass is 16.4. The number of carbonyl (C=O) groups excluding carboxylic acids is 1. The molecule has 1 aromatic carbocycles. The van der Waals surface area contributed by atoms with Gasteiger partial charge in [0, 0.05) is 13.0 Å². The largest absolute Gasteiger partial charge is 0.480 e. The first kappa shape index (κ1) is 13.5. The zero-order chi connectivity index (χ0) is 14.0. The SMILES string of the molecule is CCC(N)C(=O)N1Cc2ccccc2CC1C(=O)O. The summed E-state index contributed by atoms with van der Waals surface area (Å²) < 4.78 is 0. The van der Waals surface area contributed by atoms with Crippen molar-refractivity contribution in [1.29, 1.82) is 0 Å². The number of hydrogen-bond donors (Lipinski definition) is 2. The topological polar surface area (TPSA) is 83.6 Å². The summed E-state index contributed by atoms with van der Waals surface area (Å²) in [6, 6.07) is 6.15. The molecule has 0 bridgehead atoms. The van der Waals surface area contributed by atoms with Gasteiger partial charge in [0.05, 0.1) is 6.04 Å². The second-order valence-corrected chi connectivity index (χ2v) is 4.81. The molecule has 2 rings (SSSR count). The van der Waals surface area contributed by atoms with Gasteiger partial charge in [0.15, 0.2) is 0 Å². The number of amides is 1. The van der Waals surface area contributed by atoms with Crippen molar-refractivity contribution in [2.24, 2.45) is 5.73 Å². The van der Waals surface area contributed by atoms with E-state index in [0.717, 1.165) is 11.1 Å². The molecular formula is C14H18N2O3. The van der Waals surface area contributed by atoms with Crippen molar-refractivity contribution < 1.29 is 14.7 Å². The van der Waals surface area contributed by atoms with E-state index in [1.54, 1.807) is 0 Å². The van der Waals surface area contributed by atoms with Gasteiger partial charge in [0.1, 0.15) is 6.04 Å². The summed E-state index contributed by atoms with van der Waals surface area (Å²) in [5.74, 6) is -1.27. The van der Waals surface area contributed by atoms with Gasteiger partial charge in [0.25, 0.3) is 0 Å². The zero-order valence-electron chi connectivity index (χ0n) is 10.9. The van der Waals surface area contributed by atoms with Crippen LogP contribution in [0.4, 0.5) is 0 Å². The minimum absolute atomic E-state index is 0.288. The van der Waals surface area contributed by atoms with Crippen molar-refractivity contribution in [2.45, 2.75) is 38.4 Å². The molecule has 1 heterocycles. The molecule has 0 fully saturated rings. The number of rotatable bonds is 3. The van der Waals surface area contributed by atoms with E-state index in [9.17, 15) is 14.7 Å². The lowest BCUT2D eigenvalue weighted by Gasteiger charge is -2.35. The smallest absolute Gasteiger partial charge is 0.326 e. The molecule has 2 unspecified atom stereocenters. The fraction of sp³-hybridized carbons (Fsp3) is 0.429. The van der Waals surface area contributed by atoms with Gasteiger partial charge in [-0.25, -0.2) is 4.79 Å². The van der Waals surface area contributed by atoms with Crippen molar-refractivity contribution in [3.8, 4) is 0 Å². The average Bonchev–Trinajstić information content (AvgIpc) is 2.44. The fourth-order valence-electron chi connectivity index (χ4n) is 2.36. The quantitative estimate of drug-likeness (QED) is 0.842. The predicted octanol–water partition coefficient (Wildman–Crippen LogP) is 0.762. The highest BCUT2D eigenvalue weighted by Gasteiger charge is 2.35. The first-order valence-corrected chi connectivity index (χ1v) is 6.40. The summed E-state index contributed by atoms with van der Waals surface area (Å²) in [6.45, 7) is 2.13. The molecule has 0 radical (unpaired) electrons. The van der Waals surface area contributed by atoms with E-state index in [1.165, 1.54) is 4.90 Å². The Morgan fingerprint density at radius 3 is 2.63 bits per heavy atom. The Balaban J connectivity index is 2.31. The Morgan fingerprint density at radius 1 is 1.42 bits per heavy atom. The van der Waals surface area contributed by atoms with Crippen molar-refractivity contribution in [1.82, 2.24) is 4.90 Å². The number of hydrogen-bond acceptors (Lipinski definition) is 3. The van der Waals surface area contributed by atoms with Crippen molar-refractivity contribution in [2.75, 3.05) is 0 Å². The van der Waals surface area contributed by atoms with Crippen LogP contribution in [0, 0.1) is 0 Å². The van der Waals surface area contributed by atoms with Crippen LogP contribution in [0.3, 0.4) is 0 Å². The molecule has 0 aliphatic carbocycles. The molecule has 0 aromatic heterocycles. The molecule has 3 N–H and O–H groups in total. The van der Waals surface area contributed by atoms with E-state index in [-0.39, 0.29) is 5.91 Å². The van der Waals surface area contributed by atoms with Crippen LogP contribution in [0.2, 0.25) is 0 Å². The number of benzene rings is 1. The van der Waals surface area contributed by atoms with Gasteiger partial charge in [-0.05, 0) is 17.5 Å². The van der Waals surface area contributed by atoms with Gasteiger partial charge in [0.2, 0.25) is 5.91 Å². The Hall–Kier alpha value is -1.88. The third kappa shape index (κ3) is 2.61. The molecule has 1 amide bonds. The van der Waals surface area contributed by atoms with Crippen molar-refractivity contribution >= 4 is 11.9 Å². The standard InChI is InChI=1S/C14H18N2O3/c1-2-11(15)13(17)16-8-10-6-4-3-5-9(10)7-12(16)14(18)19/h3-6,11-12H,2,7-8,15H2,1H3,(H,18,19). The summed E-state index contributed by atoms with van der Waals surface area (Å²) in [5.41, 5.74) is 7.73. The molecule has 5 nitrogen and oxygen atoms in total. The molecule has 1 aliphatic rings. The molecule has 19 heavy (non-hydrogen) atoms. The van der Waals surface area contributed by atoms with E-state index in [1.807, 2.05) is 31.2 Å². The second-order valence-electron chi connectivity index (χ2n) is 4.81. The lowest BCUT2D eigenvalue weighted by atomic mass is 9.93. The van der Waals surface area contributed by atoms with Gasteiger partial charge in [-0.3, -0.25) is 4.79 Å². The van der Waals surface area contributed by atoms with Gasteiger partial charge >= 0.3 is 5.97 Å². The van der Waals surface area contributed by atoms with Gasteiger partial charge in [-0.2, -0.15) is 0 Å². The molecule has 2 atom stereocenters. The molecule has 0 saturated carbocycles. The lowest BCUT2D eigenvalue weighted by Crippen LogP contribution is -2.53. The molecule has 1 aromatic rings. The number of carbonyl (C=O) groups is 2. The molecule has 102 valence electrons. The zero-order valence-corrected chi connectivity index (χ0v) is 10.9. The number of aliphatic carboxylic acids is 1. The van der Waals surface area contributed by atoms with E-state index < -0.39 is 18.1 Å². The van der Waals surface area contributed by atoms with Crippen LogP contribution < -0.4 is 5.73 Å². The molecule has 1 aliphatic heterocycles. The van der Waals surface area contributed by atoms with Crippen LogP contribution in [0.25, 0.3) is 0 Å². The minimum Gasteiger partial charge on any atom is -0.480 e. The number of nitrogens with two attached hydrogens (primary N) is 1. The normalized spacial score (nSPS) is 19.7.